The lowest BCUT2D eigenvalue weighted by molar-refractivity contribution is -0.00517. The number of rotatable bonds is 2. The third-order valence-corrected chi connectivity index (χ3v) is 3.03. The van der Waals surface area contributed by atoms with Gasteiger partial charge in [0.1, 0.15) is 0 Å². The Balaban J connectivity index is 2.25. The summed E-state index contributed by atoms with van der Waals surface area (Å²) in [7, 11) is 0. The van der Waals surface area contributed by atoms with E-state index >= 15 is 0 Å². The van der Waals surface area contributed by atoms with Crippen molar-refractivity contribution in [3.8, 4) is 0 Å². The van der Waals surface area contributed by atoms with E-state index in [0.29, 0.717) is 5.69 Å². The Morgan fingerprint density at radius 2 is 2.00 bits per heavy atom. The van der Waals surface area contributed by atoms with Crippen LogP contribution >= 0.6 is 0 Å². The number of carboxylic acids is 1. The predicted octanol–water partition coefficient (Wildman–Crippen LogP) is 1.58. The summed E-state index contributed by atoms with van der Waals surface area (Å²) in [5, 5.41) is 8.91. The van der Waals surface area contributed by atoms with Gasteiger partial charge in [-0.3, -0.25) is 0 Å². The van der Waals surface area contributed by atoms with E-state index in [9.17, 15) is 4.79 Å². The predicted molar refractivity (Wildman–Crippen MR) is 70.0 cm³/mol. The van der Waals surface area contributed by atoms with Gasteiger partial charge in [-0.25, -0.2) is 4.79 Å². The van der Waals surface area contributed by atoms with E-state index in [0.717, 1.165) is 18.8 Å². The number of hydrogen-bond acceptors (Lipinski definition) is 4. The molecule has 1 aromatic rings. The summed E-state index contributed by atoms with van der Waals surface area (Å²) in [6, 6.07) is 4.85. The van der Waals surface area contributed by atoms with E-state index in [1.165, 1.54) is 6.07 Å². The summed E-state index contributed by atoms with van der Waals surface area (Å²) in [6.07, 6.45) is 0.291. The van der Waals surface area contributed by atoms with Crippen molar-refractivity contribution < 1.29 is 14.6 Å². The van der Waals surface area contributed by atoms with Gasteiger partial charge in [0.2, 0.25) is 0 Å². The van der Waals surface area contributed by atoms with E-state index in [2.05, 4.69) is 4.90 Å². The molecule has 0 aliphatic carbocycles. The molecule has 0 saturated carbocycles. The maximum atomic E-state index is 10.9. The monoisotopic (exact) mass is 250 g/mol. The molecule has 2 unspecified atom stereocenters. The average Bonchev–Trinajstić information content (AvgIpc) is 2.27. The van der Waals surface area contributed by atoms with Crippen LogP contribution in [0.5, 0.6) is 0 Å². The van der Waals surface area contributed by atoms with Crippen LogP contribution in [0, 0.1) is 0 Å². The molecule has 1 heterocycles. The molecule has 0 radical (unpaired) electrons. The first-order valence-corrected chi connectivity index (χ1v) is 6.00. The standard InChI is InChI=1S/C13H18N2O3/c1-8-6-15(7-9(2)18-8)12-4-3-10(13(16)17)5-11(12)14/h3-5,8-9H,6-7,14H2,1-2H3,(H,16,17). The van der Waals surface area contributed by atoms with Gasteiger partial charge in [-0.2, -0.15) is 0 Å². The van der Waals surface area contributed by atoms with Crippen LogP contribution in [0.1, 0.15) is 24.2 Å². The number of nitrogens with zero attached hydrogens (tertiary/aromatic N) is 1. The van der Waals surface area contributed by atoms with E-state index in [4.69, 9.17) is 15.6 Å². The van der Waals surface area contributed by atoms with Gasteiger partial charge < -0.3 is 20.5 Å². The number of ether oxygens (including phenoxy) is 1. The van der Waals surface area contributed by atoms with Gasteiger partial charge in [0.05, 0.1) is 29.1 Å². The molecule has 98 valence electrons. The molecule has 2 atom stereocenters. The zero-order valence-corrected chi connectivity index (χ0v) is 10.6. The minimum Gasteiger partial charge on any atom is -0.478 e. The fourth-order valence-corrected chi connectivity index (χ4v) is 2.35. The summed E-state index contributed by atoms with van der Waals surface area (Å²) in [5.41, 5.74) is 7.52. The first-order valence-electron chi connectivity index (χ1n) is 6.00. The van der Waals surface area contributed by atoms with Crippen LogP contribution in [0.2, 0.25) is 0 Å². The smallest absolute Gasteiger partial charge is 0.335 e. The van der Waals surface area contributed by atoms with Gasteiger partial charge in [0, 0.05) is 13.1 Å². The molecule has 2 rings (SSSR count). The van der Waals surface area contributed by atoms with Crippen molar-refractivity contribution >= 4 is 17.3 Å². The fraction of sp³-hybridized carbons (Fsp3) is 0.462. The Labute approximate surface area is 106 Å². The van der Waals surface area contributed by atoms with E-state index in [1.807, 2.05) is 13.8 Å². The molecule has 3 N–H and O–H groups in total. The number of hydrogen-bond donors (Lipinski definition) is 2. The lowest BCUT2D eigenvalue weighted by Gasteiger charge is -2.37. The van der Waals surface area contributed by atoms with Gasteiger partial charge >= 0.3 is 5.97 Å². The third kappa shape index (κ3) is 2.56. The lowest BCUT2D eigenvalue weighted by Crippen LogP contribution is -2.45. The van der Waals surface area contributed by atoms with Crippen LogP contribution in [0.25, 0.3) is 0 Å². The van der Waals surface area contributed by atoms with Crippen molar-refractivity contribution in [3.63, 3.8) is 0 Å². The van der Waals surface area contributed by atoms with Crippen LogP contribution in [0.4, 0.5) is 11.4 Å². The van der Waals surface area contributed by atoms with Gasteiger partial charge in [-0.15, -0.1) is 0 Å². The van der Waals surface area contributed by atoms with E-state index in [-0.39, 0.29) is 17.8 Å². The van der Waals surface area contributed by atoms with Gasteiger partial charge in [-0.1, -0.05) is 0 Å². The average molecular weight is 250 g/mol. The number of anilines is 2. The van der Waals surface area contributed by atoms with Crippen LogP contribution in [0.15, 0.2) is 18.2 Å². The third-order valence-electron chi connectivity index (χ3n) is 3.03. The maximum Gasteiger partial charge on any atom is 0.335 e. The van der Waals surface area contributed by atoms with Crippen LogP contribution in [0.3, 0.4) is 0 Å². The van der Waals surface area contributed by atoms with Crippen LogP contribution in [-0.2, 0) is 4.74 Å². The number of morpholine rings is 1. The molecule has 0 amide bonds. The molecule has 5 heteroatoms. The van der Waals surface area contributed by atoms with Crippen molar-refractivity contribution in [3.05, 3.63) is 23.8 Å². The second-order valence-electron chi connectivity index (χ2n) is 4.74. The number of carboxylic acid groups (broad SMARTS) is 1. The quantitative estimate of drug-likeness (QED) is 0.779. The fourth-order valence-electron chi connectivity index (χ4n) is 2.35. The second kappa shape index (κ2) is 4.86. The summed E-state index contributed by atoms with van der Waals surface area (Å²) in [4.78, 5) is 13.0. The van der Waals surface area contributed by atoms with Crippen molar-refractivity contribution in [1.29, 1.82) is 0 Å². The minimum absolute atomic E-state index is 0.146. The number of nitrogen functional groups attached to an aromatic ring is 1. The van der Waals surface area contributed by atoms with Crippen molar-refractivity contribution in [2.24, 2.45) is 0 Å². The number of nitrogens with two attached hydrogens (primary N) is 1. The minimum atomic E-state index is -0.961. The zero-order chi connectivity index (χ0) is 13.3. The summed E-state index contributed by atoms with van der Waals surface area (Å²) in [5.74, 6) is -0.961. The molecule has 1 aliphatic rings. The summed E-state index contributed by atoms with van der Waals surface area (Å²) < 4.78 is 5.66. The van der Waals surface area contributed by atoms with Crippen molar-refractivity contribution in [1.82, 2.24) is 0 Å². The van der Waals surface area contributed by atoms with Gasteiger partial charge in [0.25, 0.3) is 0 Å². The van der Waals surface area contributed by atoms with Crippen molar-refractivity contribution in [2.45, 2.75) is 26.1 Å². The molecule has 1 aliphatic heterocycles. The maximum absolute atomic E-state index is 10.9. The normalized spacial score (nSPS) is 24.0. The second-order valence-corrected chi connectivity index (χ2v) is 4.74. The molecule has 18 heavy (non-hydrogen) atoms. The molecule has 0 spiro atoms. The molecule has 1 fully saturated rings. The molecule has 0 aromatic heterocycles. The highest BCUT2D eigenvalue weighted by Crippen LogP contribution is 2.27. The Morgan fingerprint density at radius 1 is 1.39 bits per heavy atom. The lowest BCUT2D eigenvalue weighted by atomic mass is 10.1. The largest absolute Gasteiger partial charge is 0.478 e. The van der Waals surface area contributed by atoms with E-state index < -0.39 is 5.97 Å². The Morgan fingerprint density at radius 3 is 2.50 bits per heavy atom. The van der Waals surface area contributed by atoms with E-state index in [1.54, 1.807) is 12.1 Å². The topological polar surface area (TPSA) is 75.8 Å². The SMILES string of the molecule is CC1CN(c2ccc(C(=O)O)cc2N)CC(C)O1. The molecule has 0 bridgehead atoms. The molecule has 1 saturated heterocycles. The molecular formula is C13H18N2O3. The number of aromatic carboxylic acids is 1. The van der Waals surface area contributed by atoms with Crippen LogP contribution in [-0.4, -0.2) is 36.4 Å². The zero-order valence-electron chi connectivity index (χ0n) is 10.6. The first-order chi connectivity index (χ1) is 8.47. The summed E-state index contributed by atoms with van der Waals surface area (Å²) in [6.45, 7) is 5.57. The number of carbonyl (C=O) groups is 1. The Kier molecular flexibility index (Phi) is 3.43. The molecule has 1 aromatic carbocycles. The Hall–Kier alpha value is -1.75. The Bertz CT molecular complexity index is 452. The number of benzene rings is 1. The highest BCUT2D eigenvalue weighted by atomic mass is 16.5. The highest BCUT2D eigenvalue weighted by molar-refractivity contribution is 5.90. The van der Waals surface area contributed by atoms with Gasteiger partial charge in [-0.05, 0) is 32.0 Å². The molecule has 5 nitrogen and oxygen atoms in total. The highest BCUT2D eigenvalue weighted by Gasteiger charge is 2.23. The molecular weight excluding hydrogens is 232 g/mol. The van der Waals surface area contributed by atoms with Gasteiger partial charge in [0.15, 0.2) is 0 Å². The first kappa shape index (κ1) is 12.7. The van der Waals surface area contributed by atoms with Crippen LogP contribution < -0.4 is 10.6 Å². The summed E-state index contributed by atoms with van der Waals surface area (Å²) >= 11 is 0. The van der Waals surface area contributed by atoms with Crippen molar-refractivity contribution in [2.75, 3.05) is 23.7 Å².